The van der Waals surface area contributed by atoms with Crippen molar-refractivity contribution >= 4 is 22.8 Å². The summed E-state index contributed by atoms with van der Waals surface area (Å²) < 4.78 is 12.3. The summed E-state index contributed by atoms with van der Waals surface area (Å²) in [4.78, 5) is 12.7. The molecule has 0 spiro atoms. The van der Waals surface area contributed by atoms with Crippen LogP contribution in [-0.4, -0.2) is 31.8 Å². The maximum Gasteiger partial charge on any atom is 0.245 e. The molecule has 3 aromatic rings. The lowest BCUT2D eigenvalue weighted by atomic mass is 10.4. The highest BCUT2D eigenvalue weighted by molar-refractivity contribution is 6.16. The van der Waals surface area contributed by atoms with Gasteiger partial charge in [0.25, 0.3) is 0 Å². The minimum Gasteiger partial charge on any atom is -0.479 e. The number of fused-ring (bicyclic) bond motifs is 1. The molecule has 0 radical (unpaired) electrons. The third kappa shape index (κ3) is 2.09. The predicted molar refractivity (Wildman–Crippen MR) is 71.8 cm³/mol. The number of aryl methyl sites for hydroxylation is 1. The zero-order valence-electron chi connectivity index (χ0n) is 11.0. The molecule has 0 N–H and O–H groups in total. The van der Waals surface area contributed by atoms with Crippen LogP contribution < -0.4 is 4.74 Å². The van der Waals surface area contributed by atoms with Gasteiger partial charge >= 0.3 is 0 Å². The van der Waals surface area contributed by atoms with E-state index >= 15 is 0 Å². The van der Waals surface area contributed by atoms with Gasteiger partial charge in [-0.15, -0.1) is 11.6 Å². The molecule has 3 rings (SSSR count). The third-order valence-corrected chi connectivity index (χ3v) is 3.12. The number of alkyl halides is 1. The minimum absolute atomic E-state index is 0.257. The van der Waals surface area contributed by atoms with Gasteiger partial charge in [-0.25, -0.2) is 9.97 Å². The van der Waals surface area contributed by atoms with Crippen molar-refractivity contribution in [2.75, 3.05) is 7.11 Å². The second kappa shape index (κ2) is 5.09. The second-order valence-electron chi connectivity index (χ2n) is 4.24. The molecule has 0 amide bonds. The normalized spacial score (nSPS) is 11.2. The molecule has 0 unspecified atom stereocenters. The summed E-state index contributed by atoms with van der Waals surface area (Å²) in [6.45, 7) is 2.33. The number of hydrogen-bond acceptors (Lipinski definition) is 6. The molecule has 0 saturated heterocycles. The van der Waals surface area contributed by atoms with E-state index in [2.05, 4.69) is 20.1 Å². The first kappa shape index (κ1) is 12.9. The number of imidazole rings is 1. The average Bonchev–Trinajstić information content (AvgIpc) is 3.03. The van der Waals surface area contributed by atoms with Crippen LogP contribution in [-0.2, 0) is 12.4 Å². The van der Waals surface area contributed by atoms with Crippen molar-refractivity contribution < 1.29 is 9.26 Å². The van der Waals surface area contributed by atoms with E-state index in [-0.39, 0.29) is 5.88 Å². The average molecular weight is 294 g/mol. The molecule has 0 aliphatic heterocycles. The van der Waals surface area contributed by atoms with Crippen LogP contribution in [0.3, 0.4) is 0 Å². The number of rotatable bonds is 4. The zero-order chi connectivity index (χ0) is 14.1. The molecule has 20 heavy (non-hydrogen) atoms. The summed E-state index contributed by atoms with van der Waals surface area (Å²) in [5.74, 6) is 2.07. The van der Waals surface area contributed by atoms with E-state index in [1.807, 2.05) is 17.6 Å². The smallest absolute Gasteiger partial charge is 0.245 e. The van der Waals surface area contributed by atoms with Crippen molar-refractivity contribution in [2.24, 2.45) is 0 Å². The van der Waals surface area contributed by atoms with Gasteiger partial charge in [-0.05, 0) is 6.92 Å². The third-order valence-electron chi connectivity index (χ3n) is 2.88. The van der Waals surface area contributed by atoms with Crippen LogP contribution in [0.1, 0.15) is 17.3 Å². The summed E-state index contributed by atoms with van der Waals surface area (Å²) >= 11 is 5.95. The van der Waals surface area contributed by atoms with Gasteiger partial charge in [0, 0.05) is 6.07 Å². The number of nitrogens with zero attached hydrogens (tertiary/aromatic N) is 5. The second-order valence-corrected chi connectivity index (χ2v) is 4.50. The Balaban J connectivity index is 2.13. The SMILES string of the molecule is COc1ncnc2c1nc(CCl)n2Cc1cc(C)no1. The van der Waals surface area contributed by atoms with E-state index in [4.69, 9.17) is 20.9 Å². The minimum atomic E-state index is 0.257. The highest BCUT2D eigenvalue weighted by Crippen LogP contribution is 2.23. The lowest BCUT2D eigenvalue weighted by Gasteiger charge is -2.03. The molecule has 0 bridgehead atoms. The fourth-order valence-electron chi connectivity index (χ4n) is 2.03. The Morgan fingerprint density at radius 1 is 1.40 bits per heavy atom. The molecule has 0 aliphatic carbocycles. The Bertz CT molecular complexity index is 751. The Kier molecular flexibility index (Phi) is 3.27. The van der Waals surface area contributed by atoms with Crippen molar-refractivity contribution in [1.82, 2.24) is 24.7 Å². The van der Waals surface area contributed by atoms with Crippen LogP contribution in [0.15, 0.2) is 16.9 Å². The number of aromatic nitrogens is 5. The van der Waals surface area contributed by atoms with Gasteiger partial charge in [0.05, 0.1) is 25.2 Å². The number of methoxy groups -OCH3 is 1. The van der Waals surface area contributed by atoms with Crippen LogP contribution in [0.5, 0.6) is 5.88 Å². The van der Waals surface area contributed by atoms with Gasteiger partial charge in [0.15, 0.2) is 16.9 Å². The molecule has 0 aromatic carbocycles. The van der Waals surface area contributed by atoms with Gasteiger partial charge < -0.3 is 13.8 Å². The maximum atomic E-state index is 5.95. The van der Waals surface area contributed by atoms with E-state index < -0.39 is 0 Å². The first-order valence-electron chi connectivity index (χ1n) is 5.95. The van der Waals surface area contributed by atoms with E-state index in [0.29, 0.717) is 35.2 Å². The van der Waals surface area contributed by atoms with Crippen molar-refractivity contribution in [3.8, 4) is 5.88 Å². The molecule has 104 valence electrons. The molecule has 0 saturated carbocycles. The monoisotopic (exact) mass is 293 g/mol. The first-order valence-corrected chi connectivity index (χ1v) is 6.48. The summed E-state index contributed by atoms with van der Waals surface area (Å²) in [5, 5.41) is 3.87. The molecular formula is C12H12ClN5O2. The van der Waals surface area contributed by atoms with E-state index in [9.17, 15) is 0 Å². The van der Waals surface area contributed by atoms with Gasteiger partial charge in [-0.1, -0.05) is 5.16 Å². The lowest BCUT2D eigenvalue weighted by Crippen LogP contribution is -2.04. The molecule has 3 heterocycles. The van der Waals surface area contributed by atoms with Crippen LogP contribution in [0.25, 0.3) is 11.2 Å². The summed E-state index contributed by atoms with van der Waals surface area (Å²) in [6.07, 6.45) is 1.43. The molecule has 0 aliphatic rings. The zero-order valence-corrected chi connectivity index (χ0v) is 11.8. The Labute approximate surface area is 119 Å². The highest BCUT2D eigenvalue weighted by Gasteiger charge is 2.17. The van der Waals surface area contributed by atoms with Gasteiger partial charge in [-0.2, -0.15) is 4.98 Å². The highest BCUT2D eigenvalue weighted by atomic mass is 35.5. The van der Waals surface area contributed by atoms with Crippen LogP contribution in [0, 0.1) is 6.92 Å². The largest absolute Gasteiger partial charge is 0.479 e. The molecule has 3 aromatic heterocycles. The molecule has 0 fully saturated rings. The molecule has 0 atom stereocenters. The number of hydrogen-bond donors (Lipinski definition) is 0. The van der Waals surface area contributed by atoms with E-state index in [0.717, 1.165) is 5.69 Å². The molecular weight excluding hydrogens is 282 g/mol. The van der Waals surface area contributed by atoms with Crippen molar-refractivity contribution in [1.29, 1.82) is 0 Å². The van der Waals surface area contributed by atoms with Gasteiger partial charge in [0.2, 0.25) is 5.88 Å². The molecule has 7 nitrogen and oxygen atoms in total. The van der Waals surface area contributed by atoms with Gasteiger partial charge in [0.1, 0.15) is 12.2 Å². The van der Waals surface area contributed by atoms with Crippen LogP contribution >= 0.6 is 11.6 Å². The fourth-order valence-corrected chi connectivity index (χ4v) is 2.23. The standard InChI is InChI=1S/C12H12ClN5O2/c1-7-3-8(20-17-7)5-18-9(4-13)16-10-11(18)14-6-15-12(10)19-2/h3,6H,4-5H2,1-2H3. The van der Waals surface area contributed by atoms with Crippen molar-refractivity contribution in [3.63, 3.8) is 0 Å². The van der Waals surface area contributed by atoms with Gasteiger partial charge in [-0.3, -0.25) is 0 Å². The van der Waals surface area contributed by atoms with Crippen LogP contribution in [0.2, 0.25) is 0 Å². The quantitative estimate of drug-likeness (QED) is 0.684. The van der Waals surface area contributed by atoms with E-state index in [1.54, 1.807) is 7.11 Å². The van der Waals surface area contributed by atoms with E-state index in [1.165, 1.54) is 6.33 Å². The summed E-state index contributed by atoms with van der Waals surface area (Å²) in [5.41, 5.74) is 2.06. The first-order chi connectivity index (χ1) is 9.72. The van der Waals surface area contributed by atoms with Crippen molar-refractivity contribution in [2.45, 2.75) is 19.3 Å². The van der Waals surface area contributed by atoms with Crippen molar-refractivity contribution in [3.05, 3.63) is 29.7 Å². The number of halogens is 1. The Hall–Kier alpha value is -2.15. The maximum absolute atomic E-state index is 5.95. The summed E-state index contributed by atoms with van der Waals surface area (Å²) in [7, 11) is 1.54. The Morgan fingerprint density at radius 3 is 2.90 bits per heavy atom. The predicted octanol–water partition coefficient (Wildman–Crippen LogP) is 1.92. The van der Waals surface area contributed by atoms with Crippen LogP contribution in [0.4, 0.5) is 0 Å². The Morgan fingerprint density at radius 2 is 2.25 bits per heavy atom. The molecule has 8 heteroatoms. The number of ether oxygens (including phenoxy) is 1. The fraction of sp³-hybridized carbons (Fsp3) is 0.333. The lowest BCUT2D eigenvalue weighted by molar-refractivity contribution is 0.373. The summed E-state index contributed by atoms with van der Waals surface area (Å²) in [6, 6.07) is 1.86. The topological polar surface area (TPSA) is 78.9 Å².